The van der Waals surface area contributed by atoms with E-state index in [-0.39, 0.29) is 30.2 Å². The Balaban J connectivity index is 1.11. The lowest BCUT2D eigenvalue weighted by atomic mass is 9.80. The first-order valence-corrected chi connectivity index (χ1v) is 18.3. The van der Waals surface area contributed by atoms with Crippen LogP contribution in [-0.2, 0) is 28.5 Å². The molecule has 0 saturated carbocycles. The van der Waals surface area contributed by atoms with Crippen LogP contribution in [0.25, 0.3) is 0 Å². The molecular weight excluding hydrogens is 570 g/mol. The summed E-state index contributed by atoms with van der Waals surface area (Å²) in [6, 6.07) is 0.343. The second-order valence-electron chi connectivity index (χ2n) is 14.2. The highest BCUT2D eigenvalue weighted by molar-refractivity contribution is 5.87. The van der Waals surface area contributed by atoms with E-state index in [1.807, 2.05) is 0 Å². The van der Waals surface area contributed by atoms with Gasteiger partial charge in [0, 0.05) is 18.9 Å². The smallest absolute Gasteiger partial charge is 0.316 e. The first-order chi connectivity index (χ1) is 21.9. The molecule has 5 rings (SSSR count). The average Bonchev–Trinajstić information content (AvgIpc) is 3.33. The van der Waals surface area contributed by atoms with E-state index in [1.165, 1.54) is 45.6 Å². The van der Waals surface area contributed by atoms with Crippen LogP contribution >= 0.6 is 0 Å². The molecular formula is C36H59N3O6. The van der Waals surface area contributed by atoms with Gasteiger partial charge in [-0.05, 0) is 71.1 Å². The normalized spacial score (nSPS) is 33.8. The summed E-state index contributed by atoms with van der Waals surface area (Å²) >= 11 is 0. The molecule has 0 radical (unpaired) electrons. The lowest BCUT2D eigenvalue weighted by molar-refractivity contribution is -0.194. The van der Waals surface area contributed by atoms with Gasteiger partial charge in [0.15, 0.2) is 11.7 Å². The maximum Gasteiger partial charge on any atom is 0.316 e. The molecule has 0 aromatic rings. The van der Waals surface area contributed by atoms with Gasteiger partial charge in [0.05, 0.1) is 32.0 Å². The number of allylic oxidation sites excluding steroid dienone is 1. The molecule has 3 saturated heterocycles. The minimum absolute atomic E-state index is 0.0384. The molecule has 9 heteroatoms. The zero-order valence-corrected chi connectivity index (χ0v) is 28.2. The number of guanidine groups is 1. The summed E-state index contributed by atoms with van der Waals surface area (Å²) in [6.45, 7) is 4.76. The Bertz CT molecular complexity index is 1050. The van der Waals surface area contributed by atoms with Crippen LogP contribution in [0.15, 0.2) is 17.1 Å². The zero-order valence-electron chi connectivity index (χ0n) is 28.2. The fourth-order valence-electron chi connectivity index (χ4n) is 8.43. The molecule has 7 atom stereocenters. The Kier molecular flexibility index (Phi) is 12.3. The predicted molar refractivity (Wildman–Crippen MR) is 174 cm³/mol. The molecule has 5 heterocycles. The van der Waals surface area contributed by atoms with Gasteiger partial charge in [-0.1, -0.05) is 70.4 Å². The van der Waals surface area contributed by atoms with Gasteiger partial charge in [-0.25, -0.2) is 4.99 Å². The third-order valence-corrected chi connectivity index (χ3v) is 10.8. The first-order valence-electron chi connectivity index (χ1n) is 18.3. The zero-order chi connectivity index (χ0) is 31.7. The van der Waals surface area contributed by atoms with E-state index in [0.717, 1.165) is 89.4 Å². The minimum Gasteiger partial charge on any atom is -0.469 e. The molecule has 254 valence electrons. The molecule has 0 aromatic heterocycles. The van der Waals surface area contributed by atoms with Crippen molar-refractivity contribution in [1.29, 1.82) is 0 Å². The van der Waals surface area contributed by atoms with Gasteiger partial charge in [0.2, 0.25) is 0 Å². The fourth-order valence-corrected chi connectivity index (χ4v) is 8.43. The third-order valence-electron chi connectivity index (χ3n) is 10.8. The highest BCUT2D eigenvalue weighted by atomic mass is 16.6. The Morgan fingerprint density at radius 1 is 1.00 bits per heavy atom. The Morgan fingerprint density at radius 3 is 2.44 bits per heavy atom. The van der Waals surface area contributed by atoms with Crippen LogP contribution in [-0.4, -0.2) is 72.3 Å². The van der Waals surface area contributed by atoms with Crippen LogP contribution in [0.4, 0.5) is 0 Å². The summed E-state index contributed by atoms with van der Waals surface area (Å²) in [5, 5.41) is 3.79. The number of aliphatic imine (C=N–C) groups is 1. The molecule has 2 spiro atoms. The number of nitrogens with one attached hydrogen (secondary N) is 1. The van der Waals surface area contributed by atoms with Crippen LogP contribution in [0.5, 0.6) is 0 Å². The van der Waals surface area contributed by atoms with Crippen molar-refractivity contribution < 1.29 is 28.5 Å². The molecule has 7 unspecified atom stereocenters. The van der Waals surface area contributed by atoms with Crippen LogP contribution in [0.2, 0.25) is 0 Å². The Morgan fingerprint density at radius 2 is 1.73 bits per heavy atom. The van der Waals surface area contributed by atoms with E-state index in [0.29, 0.717) is 19.1 Å². The molecule has 0 amide bonds. The Hall–Kier alpha value is -2.13. The van der Waals surface area contributed by atoms with Gasteiger partial charge in [-0.3, -0.25) is 9.59 Å². The molecule has 45 heavy (non-hydrogen) atoms. The topological polar surface area (TPSA) is 98.7 Å². The monoisotopic (exact) mass is 629 g/mol. The summed E-state index contributed by atoms with van der Waals surface area (Å²) in [5.41, 5.74) is -1.31. The van der Waals surface area contributed by atoms with Crippen molar-refractivity contribution in [1.82, 2.24) is 10.2 Å². The van der Waals surface area contributed by atoms with Crippen LogP contribution in [0.3, 0.4) is 0 Å². The fraction of sp³-hybridized carbons (Fsp3) is 0.861. The van der Waals surface area contributed by atoms with Crippen molar-refractivity contribution in [3.63, 3.8) is 0 Å². The number of carbonyl (C=O) groups excluding carboxylic acids is 2. The molecule has 9 nitrogen and oxygen atoms in total. The highest BCUT2D eigenvalue weighted by Crippen LogP contribution is 2.50. The van der Waals surface area contributed by atoms with E-state index in [9.17, 15) is 9.59 Å². The molecule has 1 N–H and O–H groups in total. The van der Waals surface area contributed by atoms with Crippen LogP contribution < -0.4 is 5.32 Å². The number of rotatable bonds is 15. The third kappa shape index (κ3) is 8.43. The van der Waals surface area contributed by atoms with Crippen molar-refractivity contribution in [2.75, 3.05) is 13.7 Å². The van der Waals surface area contributed by atoms with Gasteiger partial charge < -0.3 is 29.2 Å². The predicted octanol–water partition coefficient (Wildman–Crippen LogP) is 6.93. The van der Waals surface area contributed by atoms with Crippen molar-refractivity contribution in [3.8, 4) is 0 Å². The van der Waals surface area contributed by atoms with Gasteiger partial charge >= 0.3 is 11.9 Å². The number of hydrogen-bond donors (Lipinski definition) is 1. The number of unbranched alkanes of at least 4 members (excludes halogenated alkanes) is 9. The standard InChI is InChI=1S/C36H59N3O6/c1-4-29-19-14-15-23-35(45-29)26-28-21-22-30-32(36(24-17-18-27(2)44-36)38-34(37-35)39(28)30)33(41)43-25-16-12-10-8-6-5-7-9-11-13-20-31(40)42-3/h14,19,27-30,32H,4-13,15-18,20-26H2,1-3H3,(H,37,38). The quantitative estimate of drug-likeness (QED) is 0.118. The maximum atomic E-state index is 13.9. The SMILES string of the molecule is CCC1C=CCCC2(CC3CCC4C(C(=O)OCCCCCCCCCCCCC(=O)OC)C5(CCCC(C)O5)N=C(N2)N34)O1. The summed E-state index contributed by atoms with van der Waals surface area (Å²) in [5.74, 6) is 0.222. The van der Waals surface area contributed by atoms with E-state index in [1.54, 1.807) is 0 Å². The summed E-state index contributed by atoms with van der Waals surface area (Å²) in [6.07, 6.45) is 24.9. The number of esters is 2. The number of carbonyl (C=O) groups is 2. The molecule has 5 aliphatic heterocycles. The average molecular weight is 630 g/mol. The summed E-state index contributed by atoms with van der Waals surface area (Å²) in [7, 11) is 1.45. The number of hydrogen-bond acceptors (Lipinski definition) is 9. The second-order valence-corrected chi connectivity index (χ2v) is 14.2. The van der Waals surface area contributed by atoms with Gasteiger partial charge in [0.1, 0.15) is 11.6 Å². The summed E-state index contributed by atoms with van der Waals surface area (Å²) in [4.78, 5) is 32.8. The van der Waals surface area contributed by atoms with Crippen LogP contribution in [0.1, 0.15) is 142 Å². The van der Waals surface area contributed by atoms with Crippen molar-refractivity contribution in [2.24, 2.45) is 10.9 Å². The van der Waals surface area contributed by atoms with Crippen LogP contribution in [0, 0.1) is 5.92 Å². The Labute approximate surface area is 271 Å². The lowest BCUT2D eigenvalue weighted by Gasteiger charge is -2.55. The molecule has 0 aliphatic carbocycles. The van der Waals surface area contributed by atoms with Crippen molar-refractivity contribution >= 4 is 17.9 Å². The maximum absolute atomic E-state index is 13.9. The molecule has 0 aromatic carbocycles. The van der Waals surface area contributed by atoms with Gasteiger partial charge in [-0.2, -0.15) is 0 Å². The van der Waals surface area contributed by atoms with E-state index >= 15 is 0 Å². The van der Waals surface area contributed by atoms with Gasteiger partial charge in [0.25, 0.3) is 0 Å². The first kappa shape index (κ1) is 34.2. The number of methoxy groups -OCH3 is 1. The van der Waals surface area contributed by atoms with Gasteiger partial charge in [-0.15, -0.1) is 0 Å². The summed E-state index contributed by atoms with van der Waals surface area (Å²) < 4.78 is 24.2. The molecule has 5 aliphatic rings. The lowest BCUT2D eigenvalue weighted by Crippen LogP contribution is -2.71. The van der Waals surface area contributed by atoms with E-state index in [4.69, 9.17) is 23.9 Å². The van der Waals surface area contributed by atoms with Crippen molar-refractivity contribution in [3.05, 3.63) is 12.2 Å². The van der Waals surface area contributed by atoms with E-state index < -0.39 is 17.4 Å². The second kappa shape index (κ2) is 16.1. The van der Waals surface area contributed by atoms with E-state index in [2.05, 4.69) is 36.2 Å². The molecule has 0 bridgehead atoms. The van der Waals surface area contributed by atoms with Crippen molar-refractivity contribution in [2.45, 2.75) is 178 Å². The number of nitrogens with zero attached hydrogens (tertiary/aromatic N) is 2. The highest BCUT2D eigenvalue weighted by Gasteiger charge is 2.62. The number of ether oxygens (including phenoxy) is 4. The minimum atomic E-state index is -0.877. The largest absolute Gasteiger partial charge is 0.469 e. The molecule has 3 fully saturated rings.